The van der Waals surface area contributed by atoms with Gasteiger partial charge >= 0.3 is 0 Å². The first kappa shape index (κ1) is 10.5. The number of likely N-dealkylation sites (tertiary alicyclic amines) is 1. The van der Waals surface area contributed by atoms with Gasteiger partial charge in [-0.25, -0.2) is 0 Å². The number of aromatic hydroxyl groups is 1. The van der Waals surface area contributed by atoms with Crippen molar-refractivity contribution in [2.24, 2.45) is 0 Å². The molecule has 1 fully saturated rings. The molecule has 0 amide bonds. The number of rotatable bonds is 4. The molecular weight excluding hydrogens is 186 g/mol. The third-order valence-corrected chi connectivity index (χ3v) is 3.05. The zero-order valence-corrected chi connectivity index (χ0v) is 9.15. The fourth-order valence-electron chi connectivity index (χ4n) is 2.22. The fraction of sp³-hybridized carbons (Fsp3) is 0.538. The molecule has 0 saturated carbocycles. The summed E-state index contributed by atoms with van der Waals surface area (Å²) in [5, 5.41) is 9.31. The molecule has 1 N–H and O–H groups in total. The highest BCUT2D eigenvalue weighted by molar-refractivity contribution is 5.27. The van der Waals surface area contributed by atoms with Gasteiger partial charge in [-0.3, -0.25) is 0 Å². The fourth-order valence-corrected chi connectivity index (χ4v) is 2.22. The van der Waals surface area contributed by atoms with E-state index in [1.54, 1.807) is 6.07 Å². The highest BCUT2D eigenvalue weighted by Gasteiger charge is 2.10. The summed E-state index contributed by atoms with van der Waals surface area (Å²) in [6.45, 7) is 3.76. The Balaban J connectivity index is 1.73. The molecule has 1 aliphatic heterocycles. The lowest BCUT2D eigenvalue weighted by Gasteiger charge is -2.13. The van der Waals surface area contributed by atoms with Crippen molar-refractivity contribution in [3.8, 4) is 5.75 Å². The smallest absolute Gasteiger partial charge is 0.115 e. The van der Waals surface area contributed by atoms with Crippen LogP contribution in [-0.4, -0.2) is 29.6 Å². The SMILES string of the molecule is Oc1cccc(CCCN2CCCC2)c1. The Morgan fingerprint density at radius 1 is 1.20 bits per heavy atom. The summed E-state index contributed by atoms with van der Waals surface area (Å²) >= 11 is 0. The summed E-state index contributed by atoms with van der Waals surface area (Å²) in [4.78, 5) is 2.53. The Morgan fingerprint density at radius 3 is 2.73 bits per heavy atom. The molecule has 2 rings (SSSR count). The largest absolute Gasteiger partial charge is 0.508 e. The minimum absolute atomic E-state index is 0.383. The Morgan fingerprint density at radius 2 is 2.00 bits per heavy atom. The number of benzene rings is 1. The average Bonchev–Trinajstić information content (AvgIpc) is 2.71. The van der Waals surface area contributed by atoms with Crippen molar-refractivity contribution in [3.63, 3.8) is 0 Å². The van der Waals surface area contributed by atoms with Gasteiger partial charge in [0.1, 0.15) is 5.75 Å². The second kappa shape index (κ2) is 5.17. The quantitative estimate of drug-likeness (QED) is 0.816. The van der Waals surface area contributed by atoms with Crippen LogP contribution in [0.15, 0.2) is 24.3 Å². The van der Waals surface area contributed by atoms with Crippen LogP contribution >= 0.6 is 0 Å². The van der Waals surface area contributed by atoms with Gasteiger partial charge in [-0.15, -0.1) is 0 Å². The Labute approximate surface area is 91.5 Å². The van der Waals surface area contributed by atoms with Crippen LogP contribution in [0.4, 0.5) is 0 Å². The average molecular weight is 205 g/mol. The van der Waals surface area contributed by atoms with E-state index in [4.69, 9.17) is 0 Å². The van der Waals surface area contributed by atoms with Gasteiger partial charge in [0.2, 0.25) is 0 Å². The second-order valence-corrected chi connectivity index (χ2v) is 4.32. The number of phenols is 1. The number of hydrogen-bond donors (Lipinski definition) is 1. The maximum absolute atomic E-state index is 9.31. The van der Waals surface area contributed by atoms with Crippen molar-refractivity contribution >= 4 is 0 Å². The van der Waals surface area contributed by atoms with Gasteiger partial charge in [0.05, 0.1) is 0 Å². The van der Waals surface area contributed by atoms with E-state index in [0.717, 1.165) is 6.42 Å². The maximum Gasteiger partial charge on any atom is 0.115 e. The summed E-state index contributed by atoms with van der Waals surface area (Å²) in [7, 11) is 0. The number of aryl methyl sites for hydroxylation is 1. The van der Waals surface area contributed by atoms with Crippen molar-refractivity contribution < 1.29 is 5.11 Å². The molecule has 0 aliphatic carbocycles. The van der Waals surface area contributed by atoms with Crippen LogP contribution in [0.2, 0.25) is 0 Å². The van der Waals surface area contributed by atoms with E-state index in [1.165, 1.54) is 44.5 Å². The molecule has 82 valence electrons. The van der Waals surface area contributed by atoms with Crippen LogP contribution in [0.1, 0.15) is 24.8 Å². The Hall–Kier alpha value is -1.02. The molecule has 2 nitrogen and oxygen atoms in total. The van der Waals surface area contributed by atoms with Crippen molar-refractivity contribution in [1.29, 1.82) is 0 Å². The summed E-state index contributed by atoms with van der Waals surface area (Å²) in [6, 6.07) is 7.60. The lowest BCUT2D eigenvalue weighted by Crippen LogP contribution is -2.20. The van der Waals surface area contributed by atoms with Gasteiger partial charge in [0.25, 0.3) is 0 Å². The first-order valence-electron chi connectivity index (χ1n) is 5.85. The van der Waals surface area contributed by atoms with Crippen LogP contribution < -0.4 is 0 Å². The minimum Gasteiger partial charge on any atom is -0.508 e. The molecule has 0 bridgehead atoms. The zero-order valence-electron chi connectivity index (χ0n) is 9.15. The van der Waals surface area contributed by atoms with Crippen LogP contribution in [0.5, 0.6) is 5.75 Å². The summed E-state index contributed by atoms with van der Waals surface area (Å²) in [5.74, 6) is 0.383. The molecule has 0 atom stereocenters. The molecule has 2 heteroatoms. The monoisotopic (exact) mass is 205 g/mol. The van der Waals surface area contributed by atoms with Crippen molar-refractivity contribution in [2.45, 2.75) is 25.7 Å². The maximum atomic E-state index is 9.31. The predicted molar refractivity (Wildman–Crippen MR) is 62.1 cm³/mol. The van der Waals surface area contributed by atoms with E-state index >= 15 is 0 Å². The van der Waals surface area contributed by atoms with Crippen LogP contribution in [0.3, 0.4) is 0 Å². The van der Waals surface area contributed by atoms with Crippen molar-refractivity contribution in [3.05, 3.63) is 29.8 Å². The molecular formula is C13H19NO. The standard InChI is InChI=1S/C13H19NO/c15-13-7-3-5-12(11-13)6-4-10-14-8-1-2-9-14/h3,5,7,11,15H,1-2,4,6,8-10H2. The van der Waals surface area contributed by atoms with E-state index in [1.807, 2.05) is 12.1 Å². The molecule has 15 heavy (non-hydrogen) atoms. The molecule has 0 spiro atoms. The number of hydrogen-bond acceptors (Lipinski definition) is 2. The highest BCUT2D eigenvalue weighted by Crippen LogP contribution is 2.13. The molecule has 1 aromatic rings. The molecule has 0 unspecified atom stereocenters. The van der Waals surface area contributed by atoms with Crippen LogP contribution in [-0.2, 0) is 6.42 Å². The van der Waals surface area contributed by atoms with E-state index < -0.39 is 0 Å². The number of nitrogens with zero attached hydrogens (tertiary/aromatic N) is 1. The molecule has 1 heterocycles. The van der Waals surface area contributed by atoms with E-state index in [0.29, 0.717) is 5.75 Å². The van der Waals surface area contributed by atoms with Crippen molar-refractivity contribution in [1.82, 2.24) is 4.90 Å². The molecule has 0 radical (unpaired) electrons. The van der Waals surface area contributed by atoms with Gasteiger partial charge in [-0.05, 0) is 63.0 Å². The lowest BCUT2D eigenvalue weighted by molar-refractivity contribution is 0.334. The second-order valence-electron chi connectivity index (χ2n) is 4.32. The normalized spacial score (nSPS) is 17.1. The molecule has 1 aromatic carbocycles. The summed E-state index contributed by atoms with van der Waals surface area (Å²) < 4.78 is 0. The topological polar surface area (TPSA) is 23.5 Å². The Kier molecular flexibility index (Phi) is 3.62. The predicted octanol–water partition coefficient (Wildman–Crippen LogP) is 2.42. The van der Waals surface area contributed by atoms with E-state index in [2.05, 4.69) is 11.0 Å². The zero-order chi connectivity index (χ0) is 10.5. The first-order chi connectivity index (χ1) is 7.34. The third kappa shape index (κ3) is 3.24. The van der Waals surface area contributed by atoms with Crippen molar-refractivity contribution in [2.75, 3.05) is 19.6 Å². The minimum atomic E-state index is 0.383. The van der Waals surface area contributed by atoms with Gasteiger partial charge in [-0.2, -0.15) is 0 Å². The van der Waals surface area contributed by atoms with Gasteiger partial charge in [0, 0.05) is 0 Å². The first-order valence-corrected chi connectivity index (χ1v) is 5.85. The van der Waals surface area contributed by atoms with Gasteiger partial charge in [0.15, 0.2) is 0 Å². The molecule has 0 aromatic heterocycles. The van der Waals surface area contributed by atoms with Crippen LogP contribution in [0, 0.1) is 0 Å². The number of phenolic OH excluding ortho intramolecular Hbond substituents is 1. The van der Waals surface area contributed by atoms with Gasteiger partial charge < -0.3 is 10.0 Å². The lowest BCUT2D eigenvalue weighted by atomic mass is 10.1. The van der Waals surface area contributed by atoms with Crippen LogP contribution in [0.25, 0.3) is 0 Å². The highest BCUT2D eigenvalue weighted by atomic mass is 16.3. The Bertz CT molecular complexity index is 305. The van der Waals surface area contributed by atoms with E-state index in [9.17, 15) is 5.11 Å². The van der Waals surface area contributed by atoms with E-state index in [-0.39, 0.29) is 0 Å². The third-order valence-electron chi connectivity index (χ3n) is 3.05. The molecule has 1 aliphatic rings. The van der Waals surface area contributed by atoms with Gasteiger partial charge in [-0.1, -0.05) is 12.1 Å². The summed E-state index contributed by atoms with van der Waals surface area (Å²) in [5.41, 5.74) is 1.24. The molecule has 1 saturated heterocycles. The summed E-state index contributed by atoms with van der Waals surface area (Å²) in [6.07, 6.45) is 5.01.